The van der Waals surface area contributed by atoms with E-state index in [9.17, 15) is 4.79 Å². The number of aromatic amines is 1. The number of nitrogens with zero attached hydrogens (tertiary/aromatic N) is 4. The molecule has 0 bridgehead atoms. The fourth-order valence-electron chi connectivity index (χ4n) is 1.81. The lowest BCUT2D eigenvalue weighted by Crippen LogP contribution is -2.08. The number of carbonyl (C=O) groups excluding carboxylic acids is 1. The van der Waals surface area contributed by atoms with Gasteiger partial charge in [0, 0.05) is 6.07 Å². The summed E-state index contributed by atoms with van der Waals surface area (Å²) in [6, 6.07) is 13.4. The average molecular weight is 310 g/mol. The number of hydrogen-bond acceptors (Lipinski definition) is 6. The molecule has 0 spiro atoms. The van der Waals surface area contributed by atoms with Gasteiger partial charge in [-0.3, -0.25) is 15.3 Å². The molecule has 0 fully saturated rings. The number of benzene rings is 1. The molecule has 1 aliphatic rings. The van der Waals surface area contributed by atoms with Gasteiger partial charge in [-0.1, -0.05) is 42.1 Å². The van der Waals surface area contributed by atoms with Gasteiger partial charge >= 0.3 is 0 Å². The molecular weight excluding hydrogens is 300 g/mol. The Hall–Kier alpha value is -2.92. The number of nitrogens with one attached hydrogen (secondary N) is 2. The van der Waals surface area contributed by atoms with Crippen molar-refractivity contribution in [1.82, 2.24) is 10.2 Å². The van der Waals surface area contributed by atoms with Gasteiger partial charge in [-0.25, -0.2) is 4.99 Å². The number of aromatic nitrogens is 2. The van der Waals surface area contributed by atoms with Crippen LogP contribution < -0.4 is 5.43 Å². The van der Waals surface area contributed by atoms with Crippen LogP contribution in [0.25, 0.3) is 11.3 Å². The van der Waals surface area contributed by atoms with Crippen LogP contribution in [-0.2, 0) is 4.79 Å². The number of nitriles is 1. The zero-order valence-corrected chi connectivity index (χ0v) is 12.1. The van der Waals surface area contributed by atoms with E-state index in [1.54, 1.807) is 6.07 Å². The number of amides is 1. The Balaban J connectivity index is 1.75. The number of aliphatic imine (C=N–C) groups is 1. The fourth-order valence-corrected chi connectivity index (χ4v) is 2.53. The Morgan fingerprint density at radius 2 is 2.23 bits per heavy atom. The molecule has 8 heteroatoms. The normalized spacial score (nSPS) is 14.6. The Morgan fingerprint density at radius 1 is 1.41 bits per heavy atom. The van der Waals surface area contributed by atoms with E-state index in [2.05, 4.69) is 25.7 Å². The molecular formula is C14H10N6OS. The highest BCUT2D eigenvalue weighted by molar-refractivity contribution is 8.16. The van der Waals surface area contributed by atoms with Crippen molar-refractivity contribution in [2.24, 2.45) is 10.1 Å². The topological polar surface area (TPSA) is 106 Å². The van der Waals surface area contributed by atoms with Gasteiger partial charge in [-0.05, 0) is 5.56 Å². The quantitative estimate of drug-likeness (QED) is 0.664. The largest absolute Gasteiger partial charge is 0.276 e. The van der Waals surface area contributed by atoms with Gasteiger partial charge in [0.25, 0.3) is 5.91 Å². The average Bonchev–Trinajstić information content (AvgIpc) is 3.18. The van der Waals surface area contributed by atoms with Crippen LogP contribution in [0.3, 0.4) is 0 Å². The van der Waals surface area contributed by atoms with E-state index in [1.165, 1.54) is 11.8 Å². The van der Waals surface area contributed by atoms with Crippen LogP contribution in [0, 0.1) is 11.3 Å². The molecule has 3 rings (SSSR count). The minimum atomic E-state index is -0.255. The molecule has 1 aliphatic heterocycles. The minimum Gasteiger partial charge on any atom is -0.276 e. The summed E-state index contributed by atoms with van der Waals surface area (Å²) in [6.45, 7) is 0. The number of carbonyl (C=O) groups is 1. The molecule has 0 unspecified atom stereocenters. The molecule has 1 aromatic heterocycles. The third-order valence-electron chi connectivity index (χ3n) is 2.81. The van der Waals surface area contributed by atoms with E-state index in [-0.39, 0.29) is 17.4 Å². The Kier molecular flexibility index (Phi) is 3.98. The molecule has 0 saturated heterocycles. The molecule has 22 heavy (non-hydrogen) atoms. The van der Waals surface area contributed by atoms with Crippen LogP contribution in [0.2, 0.25) is 0 Å². The summed E-state index contributed by atoms with van der Waals surface area (Å²) in [7, 11) is 0. The third-order valence-corrected chi connectivity index (χ3v) is 3.76. The molecule has 1 aromatic carbocycles. The van der Waals surface area contributed by atoms with Crippen molar-refractivity contribution >= 4 is 34.2 Å². The molecule has 0 saturated carbocycles. The highest BCUT2D eigenvalue weighted by atomic mass is 32.2. The molecule has 0 aliphatic carbocycles. The molecule has 2 N–H and O–H groups in total. The van der Waals surface area contributed by atoms with Crippen molar-refractivity contribution in [3.05, 3.63) is 36.4 Å². The predicted molar refractivity (Wildman–Crippen MR) is 85.6 cm³/mol. The predicted octanol–water partition coefficient (Wildman–Crippen LogP) is 2.04. The molecule has 0 radical (unpaired) electrons. The Morgan fingerprint density at radius 3 is 2.91 bits per heavy atom. The summed E-state index contributed by atoms with van der Waals surface area (Å²) in [5, 5.41) is 20.3. The van der Waals surface area contributed by atoms with Crippen LogP contribution >= 0.6 is 11.8 Å². The maximum atomic E-state index is 11.1. The van der Waals surface area contributed by atoms with Gasteiger partial charge in [-0.15, -0.1) is 0 Å². The van der Waals surface area contributed by atoms with Gasteiger partial charge in [0.1, 0.15) is 11.1 Å². The van der Waals surface area contributed by atoms with Crippen molar-refractivity contribution in [2.75, 3.05) is 11.2 Å². The zero-order valence-electron chi connectivity index (χ0n) is 11.3. The monoisotopic (exact) mass is 310 g/mol. The van der Waals surface area contributed by atoms with Gasteiger partial charge in [0.05, 0.1) is 11.4 Å². The molecule has 2 heterocycles. The van der Waals surface area contributed by atoms with E-state index in [1.807, 2.05) is 36.4 Å². The second-order valence-electron chi connectivity index (χ2n) is 4.32. The fraction of sp³-hybridized carbons (Fsp3) is 0.0714. The van der Waals surface area contributed by atoms with E-state index in [0.717, 1.165) is 11.3 Å². The molecule has 2 aromatic rings. The first-order valence-corrected chi connectivity index (χ1v) is 7.34. The van der Waals surface area contributed by atoms with Crippen molar-refractivity contribution in [3.63, 3.8) is 0 Å². The van der Waals surface area contributed by atoms with Gasteiger partial charge in [0.15, 0.2) is 11.5 Å². The van der Waals surface area contributed by atoms with Gasteiger partial charge in [-0.2, -0.15) is 15.5 Å². The lowest BCUT2D eigenvalue weighted by molar-refractivity contribution is -0.115. The first-order valence-electron chi connectivity index (χ1n) is 6.35. The maximum Gasteiger partial charge on any atom is 0.257 e. The second kappa shape index (κ2) is 6.24. The maximum absolute atomic E-state index is 11.1. The number of rotatable bonds is 4. The number of thioether (sulfide) groups is 1. The third kappa shape index (κ3) is 3.05. The number of H-pyrrole nitrogens is 1. The van der Waals surface area contributed by atoms with Crippen molar-refractivity contribution in [3.8, 4) is 17.3 Å². The van der Waals surface area contributed by atoms with Crippen LogP contribution in [-0.4, -0.2) is 32.6 Å². The Labute approximate surface area is 130 Å². The highest BCUT2D eigenvalue weighted by Gasteiger charge is 2.19. The molecule has 108 valence electrons. The smallest absolute Gasteiger partial charge is 0.257 e. The zero-order chi connectivity index (χ0) is 15.4. The van der Waals surface area contributed by atoms with Crippen molar-refractivity contribution < 1.29 is 4.79 Å². The summed E-state index contributed by atoms with van der Waals surface area (Å²) >= 11 is 1.20. The highest BCUT2D eigenvalue weighted by Crippen LogP contribution is 2.19. The summed E-state index contributed by atoms with van der Waals surface area (Å²) < 4.78 is 0. The first kappa shape index (κ1) is 14.0. The van der Waals surface area contributed by atoms with Crippen molar-refractivity contribution in [2.45, 2.75) is 0 Å². The van der Waals surface area contributed by atoms with Gasteiger partial charge < -0.3 is 0 Å². The second-order valence-corrected chi connectivity index (χ2v) is 5.28. The van der Waals surface area contributed by atoms with E-state index < -0.39 is 0 Å². The lowest BCUT2D eigenvalue weighted by Gasteiger charge is -1.96. The van der Waals surface area contributed by atoms with Crippen LogP contribution in [0.5, 0.6) is 0 Å². The standard InChI is InChI=1S/C14H10N6OS/c15-7-11(14-16-13(21)8-22-14)18-20-12-6-10(17-19-12)9-4-2-1-3-5-9/h1-6H,8H2,(H2,17,19,20)/b18-11+. The summed E-state index contributed by atoms with van der Waals surface area (Å²) in [5.74, 6) is 0.465. The first-order chi connectivity index (χ1) is 10.8. The molecule has 7 nitrogen and oxygen atoms in total. The minimum absolute atomic E-state index is 0.0695. The Bertz CT molecular complexity index is 802. The van der Waals surface area contributed by atoms with Crippen LogP contribution in [0.15, 0.2) is 46.5 Å². The van der Waals surface area contributed by atoms with Crippen LogP contribution in [0.4, 0.5) is 5.82 Å². The van der Waals surface area contributed by atoms with Gasteiger partial charge in [0.2, 0.25) is 0 Å². The summed E-state index contributed by atoms with van der Waals surface area (Å²) in [6.07, 6.45) is 0. The van der Waals surface area contributed by atoms with E-state index in [4.69, 9.17) is 5.26 Å². The van der Waals surface area contributed by atoms with E-state index in [0.29, 0.717) is 10.9 Å². The molecule has 0 atom stereocenters. The lowest BCUT2D eigenvalue weighted by atomic mass is 10.2. The van der Waals surface area contributed by atoms with Crippen LogP contribution in [0.1, 0.15) is 0 Å². The number of anilines is 1. The molecule has 1 amide bonds. The van der Waals surface area contributed by atoms with E-state index >= 15 is 0 Å². The SMILES string of the molecule is N#C/C(=N\Nc1cc(-c2ccccc2)[nH]n1)C1=NC(=O)CS1. The van der Waals surface area contributed by atoms with Crippen molar-refractivity contribution in [1.29, 1.82) is 5.26 Å². The number of hydrazone groups is 1. The summed E-state index contributed by atoms with van der Waals surface area (Å²) in [5.41, 5.74) is 4.59. The summed E-state index contributed by atoms with van der Waals surface area (Å²) in [4.78, 5) is 14.8. The number of hydrogen-bond donors (Lipinski definition) is 2.